The average Bonchev–Trinajstić information content (AvgIpc) is 2.66. The fourth-order valence-corrected chi connectivity index (χ4v) is 3.46. The Morgan fingerprint density at radius 3 is 2.36 bits per heavy atom. The Bertz CT molecular complexity index is 825. The molecule has 6 heteroatoms. The summed E-state index contributed by atoms with van der Waals surface area (Å²) in [6.45, 7) is 5.11. The van der Waals surface area contributed by atoms with Gasteiger partial charge in [-0.15, -0.1) is 0 Å². The number of carbonyl (C=O) groups excluding carboxylic acids is 2. The predicted octanol–water partition coefficient (Wildman–Crippen LogP) is 3.09. The van der Waals surface area contributed by atoms with Gasteiger partial charge in [0, 0.05) is 36.4 Å². The molecule has 0 bridgehead atoms. The van der Waals surface area contributed by atoms with Crippen LogP contribution in [0.25, 0.3) is 0 Å². The van der Waals surface area contributed by atoms with Gasteiger partial charge < -0.3 is 20.7 Å². The van der Waals surface area contributed by atoms with Gasteiger partial charge >= 0.3 is 0 Å². The van der Waals surface area contributed by atoms with Crippen LogP contribution in [0.1, 0.15) is 36.2 Å². The highest BCUT2D eigenvalue weighted by Gasteiger charge is 2.26. The lowest BCUT2D eigenvalue weighted by atomic mass is 10.1. The van der Waals surface area contributed by atoms with Gasteiger partial charge in [-0.2, -0.15) is 0 Å². The van der Waals surface area contributed by atoms with Crippen LogP contribution in [0, 0.1) is 0 Å². The number of ether oxygens (including phenoxy) is 1. The quantitative estimate of drug-likeness (QED) is 0.780. The lowest BCUT2D eigenvalue weighted by Gasteiger charge is -2.35. The smallest absolute Gasteiger partial charge is 0.254 e. The second-order valence-corrected chi connectivity index (χ2v) is 7.29. The van der Waals surface area contributed by atoms with E-state index in [4.69, 9.17) is 10.5 Å². The Labute approximate surface area is 165 Å². The van der Waals surface area contributed by atoms with Crippen LogP contribution in [0.4, 0.5) is 11.4 Å². The maximum Gasteiger partial charge on any atom is 0.254 e. The summed E-state index contributed by atoms with van der Waals surface area (Å²) in [7, 11) is 0. The third-order valence-electron chi connectivity index (χ3n) is 4.80. The van der Waals surface area contributed by atoms with E-state index in [0.29, 0.717) is 42.9 Å². The molecule has 1 aliphatic heterocycles. The molecule has 2 atom stereocenters. The molecule has 0 aromatic heterocycles. The highest BCUT2D eigenvalue weighted by molar-refractivity contribution is 5.96. The van der Waals surface area contributed by atoms with Crippen molar-refractivity contribution in [2.75, 3.05) is 24.1 Å². The third-order valence-corrected chi connectivity index (χ3v) is 4.80. The molecule has 2 aromatic carbocycles. The van der Waals surface area contributed by atoms with E-state index in [0.717, 1.165) is 5.56 Å². The number of nitrogen functional groups attached to an aromatic ring is 1. The number of morpholine rings is 1. The van der Waals surface area contributed by atoms with Gasteiger partial charge in [0.15, 0.2) is 0 Å². The van der Waals surface area contributed by atoms with Gasteiger partial charge in [0.2, 0.25) is 5.91 Å². The van der Waals surface area contributed by atoms with Crippen molar-refractivity contribution in [2.45, 2.75) is 38.9 Å². The van der Waals surface area contributed by atoms with E-state index in [1.54, 1.807) is 24.3 Å². The van der Waals surface area contributed by atoms with Gasteiger partial charge in [-0.1, -0.05) is 18.2 Å². The molecular weight excluding hydrogens is 354 g/mol. The minimum atomic E-state index is -0.0850. The molecule has 1 fully saturated rings. The van der Waals surface area contributed by atoms with Gasteiger partial charge in [-0.3, -0.25) is 9.59 Å². The van der Waals surface area contributed by atoms with E-state index < -0.39 is 0 Å². The topological polar surface area (TPSA) is 84.7 Å². The van der Waals surface area contributed by atoms with Crippen molar-refractivity contribution in [1.82, 2.24) is 4.90 Å². The molecule has 1 saturated heterocycles. The average molecular weight is 381 g/mol. The van der Waals surface area contributed by atoms with E-state index in [1.807, 2.05) is 43.0 Å². The summed E-state index contributed by atoms with van der Waals surface area (Å²) in [5.41, 5.74) is 8.85. The first-order valence-electron chi connectivity index (χ1n) is 9.60. The highest BCUT2D eigenvalue weighted by Crippen LogP contribution is 2.17. The predicted molar refractivity (Wildman–Crippen MR) is 110 cm³/mol. The molecule has 0 radical (unpaired) electrons. The lowest BCUT2D eigenvalue weighted by Crippen LogP contribution is -2.48. The van der Waals surface area contributed by atoms with Crippen LogP contribution in [0.3, 0.4) is 0 Å². The number of rotatable bonds is 5. The van der Waals surface area contributed by atoms with E-state index >= 15 is 0 Å². The number of carbonyl (C=O) groups is 2. The molecule has 3 N–H and O–H groups in total. The molecule has 1 aliphatic rings. The molecular formula is C22H27N3O3. The molecule has 2 amide bonds. The summed E-state index contributed by atoms with van der Waals surface area (Å²) in [6, 6.07) is 14.6. The number of aryl methyl sites for hydroxylation is 1. The number of nitrogens with zero attached hydrogens (tertiary/aromatic N) is 1. The number of anilines is 2. The zero-order valence-corrected chi connectivity index (χ0v) is 16.4. The van der Waals surface area contributed by atoms with Crippen LogP contribution < -0.4 is 11.1 Å². The van der Waals surface area contributed by atoms with Crippen molar-refractivity contribution in [1.29, 1.82) is 0 Å². The van der Waals surface area contributed by atoms with E-state index in [2.05, 4.69) is 5.32 Å². The first-order chi connectivity index (χ1) is 13.4. The Hall–Kier alpha value is -2.86. The van der Waals surface area contributed by atoms with Crippen molar-refractivity contribution in [3.05, 3.63) is 59.7 Å². The maximum absolute atomic E-state index is 12.7. The summed E-state index contributed by atoms with van der Waals surface area (Å²) in [5.74, 6) is -0.0995. The van der Waals surface area contributed by atoms with Crippen molar-refractivity contribution < 1.29 is 14.3 Å². The number of amides is 2. The van der Waals surface area contributed by atoms with Gasteiger partial charge in [0.25, 0.3) is 5.91 Å². The summed E-state index contributed by atoms with van der Waals surface area (Å²) in [4.78, 5) is 26.7. The molecule has 2 unspecified atom stereocenters. The van der Waals surface area contributed by atoms with Gasteiger partial charge in [0.1, 0.15) is 0 Å². The number of nitrogens with two attached hydrogens (primary N) is 1. The SMILES string of the molecule is CC1CN(C(=O)c2ccc(NC(=O)CCc3ccccc3N)cc2)CC(C)O1. The Balaban J connectivity index is 1.54. The summed E-state index contributed by atoms with van der Waals surface area (Å²) in [5, 5.41) is 2.87. The van der Waals surface area contributed by atoms with Crippen molar-refractivity contribution in [2.24, 2.45) is 0 Å². The summed E-state index contributed by atoms with van der Waals surface area (Å²) < 4.78 is 5.68. The molecule has 0 saturated carbocycles. The van der Waals surface area contributed by atoms with Crippen LogP contribution >= 0.6 is 0 Å². The molecule has 148 valence electrons. The fourth-order valence-electron chi connectivity index (χ4n) is 3.46. The number of hydrogen-bond donors (Lipinski definition) is 2. The number of benzene rings is 2. The van der Waals surface area contributed by atoms with Crippen molar-refractivity contribution in [3.63, 3.8) is 0 Å². The molecule has 28 heavy (non-hydrogen) atoms. The lowest BCUT2D eigenvalue weighted by molar-refractivity contribution is -0.116. The van der Waals surface area contributed by atoms with Crippen LogP contribution in [0.2, 0.25) is 0 Å². The normalized spacial score (nSPS) is 19.3. The Morgan fingerprint density at radius 2 is 1.71 bits per heavy atom. The first-order valence-corrected chi connectivity index (χ1v) is 9.60. The molecule has 2 aromatic rings. The van der Waals surface area contributed by atoms with Crippen LogP contribution in [-0.2, 0) is 16.0 Å². The van der Waals surface area contributed by atoms with Crippen molar-refractivity contribution >= 4 is 23.2 Å². The monoisotopic (exact) mass is 381 g/mol. The van der Waals surface area contributed by atoms with E-state index in [1.165, 1.54) is 0 Å². The number of para-hydroxylation sites is 1. The van der Waals surface area contributed by atoms with Crippen LogP contribution in [-0.4, -0.2) is 42.0 Å². The highest BCUT2D eigenvalue weighted by atomic mass is 16.5. The molecule has 6 nitrogen and oxygen atoms in total. The van der Waals surface area contributed by atoms with E-state index in [-0.39, 0.29) is 24.0 Å². The number of hydrogen-bond acceptors (Lipinski definition) is 4. The van der Waals surface area contributed by atoms with Crippen LogP contribution in [0.15, 0.2) is 48.5 Å². The van der Waals surface area contributed by atoms with Gasteiger partial charge in [-0.25, -0.2) is 0 Å². The third kappa shape index (κ3) is 5.10. The summed E-state index contributed by atoms with van der Waals surface area (Å²) >= 11 is 0. The zero-order valence-electron chi connectivity index (χ0n) is 16.4. The largest absolute Gasteiger partial charge is 0.399 e. The van der Waals surface area contributed by atoms with Gasteiger partial charge in [0.05, 0.1) is 12.2 Å². The zero-order chi connectivity index (χ0) is 20.1. The Morgan fingerprint density at radius 1 is 1.07 bits per heavy atom. The fraction of sp³-hybridized carbons (Fsp3) is 0.364. The molecule has 0 spiro atoms. The molecule has 0 aliphatic carbocycles. The molecule has 3 rings (SSSR count). The van der Waals surface area contributed by atoms with Crippen molar-refractivity contribution in [3.8, 4) is 0 Å². The second kappa shape index (κ2) is 8.89. The maximum atomic E-state index is 12.7. The standard InChI is InChI=1S/C22H27N3O3/c1-15-13-25(14-16(2)28-15)22(27)18-7-10-19(11-8-18)24-21(26)12-9-17-5-3-4-6-20(17)23/h3-8,10-11,15-16H,9,12-14,23H2,1-2H3,(H,24,26). The van der Waals surface area contributed by atoms with E-state index in [9.17, 15) is 9.59 Å². The molecule has 1 heterocycles. The van der Waals surface area contributed by atoms with Crippen LogP contribution in [0.5, 0.6) is 0 Å². The minimum absolute atomic E-state index is 0.0144. The van der Waals surface area contributed by atoms with Gasteiger partial charge in [-0.05, 0) is 56.2 Å². The first kappa shape index (κ1) is 19.9. The minimum Gasteiger partial charge on any atom is -0.399 e. The second-order valence-electron chi connectivity index (χ2n) is 7.29. The number of nitrogens with one attached hydrogen (secondary N) is 1. The summed E-state index contributed by atoms with van der Waals surface area (Å²) in [6.07, 6.45) is 0.996. The Kier molecular flexibility index (Phi) is 6.31.